The number of sulfonamides is 1. The molecule has 60 heavy (non-hydrogen) atoms. The molecule has 4 heterocycles. The Kier molecular flexibility index (Phi) is 11.8. The number of carbonyl (C=O) groups is 4. The molecule has 7 rings (SSSR count). The summed E-state index contributed by atoms with van der Waals surface area (Å²) >= 11 is 0. The summed E-state index contributed by atoms with van der Waals surface area (Å²) in [6.07, 6.45) is 4.46. The molecule has 5 aliphatic rings. The quantitative estimate of drug-likeness (QED) is 0.224. The zero-order valence-electron chi connectivity index (χ0n) is 35.0. The molecule has 1 saturated heterocycles. The number of alkyl halides is 2. The smallest absolute Gasteiger partial charge is 0.307 e. The van der Waals surface area contributed by atoms with Gasteiger partial charge in [-0.3, -0.25) is 23.9 Å². The zero-order chi connectivity index (χ0) is 43.4. The molecule has 3 fully saturated rings. The van der Waals surface area contributed by atoms with Crippen molar-refractivity contribution in [2.45, 2.75) is 140 Å². The average molecular weight is 860 g/mol. The number of nitrogens with zero attached hydrogens (tertiary/aromatic N) is 2. The largest absolute Gasteiger partial charge is 0.486 e. The number of ketones is 1. The van der Waals surface area contributed by atoms with Gasteiger partial charge < -0.3 is 28.6 Å². The minimum absolute atomic E-state index is 0.0257. The number of Topliss-reactive ketones (excluding diaryl/α,β-unsaturated/α-hetero) is 1. The number of fused-ring (bicyclic) bond motifs is 5. The Morgan fingerprint density at radius 2 is 1.82 bits per heavy atom. The topological polar surface area (TPSA) is 177 Å². The molecule has 2 amide bonds. The van der Waals surface area contributed by atoms with Crippen LogP contribution in [0.5, 0.6) is 17.4 Å². The van der Waals surface area contributed by atoms with Gasteiger partial charge in [0.1, 0.15) is 19.3 Å². The van der Waals surface area contributed by atoms with Crippen LogP contribution in [0.2, 0.25) is 0 Å². The lowest BCUT2D eigenvalue weighted by molar-refractivity contribution is -0.198. The average Bonchev–Trinajstić information content (AvgIpc) is 4.07. The standard InChI is InChI=1S/C43H55F2N3O11S/c1-7-33-30(21-35(50)59-40(3,4)42(6,44)45)38(51)48-24-27(58-37-29-12-13-34-36(56-19-18-55-34)28(29)14-17-46-37)20-31(48)32(49)23-43(22-26(43)11-9-8-10-25(2)57-33)39(52)47-60(53,54)41(5)15-16-41/h9,11-14,17,25-27,30-31,33H,7-8,10,15-16,18-24H2,1-6H3,(H,47,52)/b11-9-/t25-,26-,27-,30+,31+,33+,43-/m1/s1. The molecule has 1 aromatic heterocycles. The third kappa shape index (κ3) is 8.57. The van der Waals surface area contributed by atoms with Crippen molar-refractivity contribution in [3.63, 3.8) is 0 Å². The number of rotatable bonds is 10. The van der Waals surface area contributed by atoms with Gasteiger partial charge in [0.05, 0.1) is 47.3 Å². The minimum Gasteiger partial charge on any atom is -0.486 e. The van der Waals surface area contributed by atoms with Crippen LogP contribution in [0.25, 0.3) is 10.8 Å². The number of nitrogens with one attached hydrogen (secondary N) is 1. The summed E-state index contributed by atoms with van der Waals surface area (Å²) in [5.41, 5.74) is -3.57. The van der Waals surface area contributed by atoms with Gasteiger partial charge in [-0.2, -0.15) is 0 Å². The van der Waals surface area contributed by atoms with Crippen LogP contribution in [0.4, 0.5) is 8.78 Å². The monoisotopic (exact) mass is 859 g/mol. The molecule has 14 nitrogen and oxygen atoms in total. The Morgan fingerprint density at radius 1 is 1.08 bits per heavy atom. The van der Waals surface area contributed by atoms with Crippen molar-refractivity contribution >= 4 is 44.4 Å². The number of benzene rings is 1. The highest BCUT2D eigenvalue weighted by molar-refractivity contribution is 7.91. The van der Waals surface area contributed by atoms with Crippen molar-refractivity contribution in [2.24, 2.45) is 17.3 Å². The first-order valence-corrected chi connectivity index (χ1v) is 22.3. The van der Waals surface area contributed by atoms with Crippen LogP contribution >= 0.6 is 0 Å². The lowest BCUT2D eigenvalue weighted by Crippen LogP contribution is -2.50. The number of pyridine rings is 1. The maximum atomic E-state index is 15.0. The molecule has 328 valence electrons. The molecule has 0 spiro atoms. The van der Waals surface area contributed by atoms with Crippen molar-refractivity contribution in [1.29, 1.82) is 0 Å². The van der Waals surface area contributed by atoms with Crippen LogP contribution in [0, 0.1) is 17.3 Å². The number of allylic oxidation sites excluding steroid dienone is 2. The van der Waals surface area contributed by atoms with Gasteiger partial charge in [-0.25, -0.2) is 22.2 Å². The summed E-state index contributed by atoms with van der Waals surface area (Å²) in [5.74, 6) is -6.73. The van der Waals surface area contributed by atoms with Gasteiger partial charge in [0.25, 0.3) is 5.92 Å². The van der Waals surface area contributed by atoms with Gasteiger partial charge in [-0.05, 0) is 90.3 Å². The third-order valence-corrected chi connectivity index (χ3v) is 15.2. The first-order chi connectivity index (χ1) is 28.2. The molecule has 2 aliphatic carbocycles. The van der Waals surface area contributed by atoms with E-state index in [-0.39, 0.29) is 38.1 Å². The predicted molar refractivity (Wildman–Crippen MR) is 214 cm³/mol. The van der Waals surface area contributed by atoms with Gasteiger partial charge in [0, 0.05) is 36.7 Å². The van der Waals surface area contributed by atoms with E-state index in [0.29, 0.717) is 68.1 Å². The summed E-state index contributed by atoms with van der Waals surface area (Å²) < 4.78 is 86.6. The summed E-state index contributed by atoms with van der Waals surface area (Å²) in [6, 6.07) is 4.12. The SMILES string of the molecule is CC[C@@H]1O[C@H](C)CC/C=C\[C@@H]2C[C@@]2(C(=O)NS(=O)(=O)C2(C)CC2)CC(=O)[C@@H]2C[C@@H](Oc3nccc4c5c(ccc34)OCCO5)CN2C(=O)[C@H]1CC(=O)OC(C)(C)C(C)(F)F. The Bertz CT molecular complexity index is 2170. The van der Waals surface area contributed by atoms with Crippen LogP contribution in [0.15, 0.2) is 36.5 Å². The molecule has 17 heteroatoms. The third-order valence-electron chi connectivity index (χ3n) is 13.0. The predicted octanol–water partition coefficient (Wildman–Crippen LogP) is 5.84. The van der Waals surface area contributed by atoms with Crippen LogP contribution in [-0.4, -0.2) is 102 Å². The van der Waals surface area contributed by atoms with Gasteiger partial charge in [-0.1, -0.05) is 19.1 Å². The molecule has 0 unspecified atom stereocenters. The Morgan fingerprint density at radius 3 is 2.52 bits per heavy atom. The lowest BCUT2D eigenvalue weighted by Gasteiger charge is -2.35. The molecular weight excluding hydrogens is 805 g/mol. The molecule has 0 bridgehead atoms. The molecule has 1 aromatic carbocycles. The molecule has 2 saturated carbocycles. The van der Waals surface area contributed by atoms with Crippen molar-refractivity contribution < 1.29 is 60.1 Å². The molecule has 2 aromatic rings. The second-order valence-corrected chi connectivity index (χ2v) is 20.1. The molecule has 0 radical (unpaired) electrons. The molecule has 1 N–H and O–H groups in total. The van der Waals surface area contributed by atoms with E-state index in [0.717, 1.165) is 13.8 Å². The van der Waals surface area contributed by atoms with E-state index in [1.165, 1.54) is 4.90 Å². The first kappa shape index (κ1) is 43.7. The maximum Gasteiger partial charge on any atom is 0.307 e. The van der Waals surface area contributed by atoms with Crippen molar-refractivity contribution in [3.05, 3.63) is 36.5 Å². The normalized spacial score (nSPS) is 30.0. The number of hydrogen-bond acceptors (Lipinski definition) is 12. The number of aromatic nitrogens is 1. The minimum atomic E-state index is -4.03. The molecule has 7 atom stereocenters. The fourth-order valence-electron chi connectivity index (χ4n) is 8.39. The summed E-state index contributed by atoms with van der Waals surface area (Å²) in [6.45, 7) is 8.62. The summed E-state index contributed by atoms with van der Waals surface area (Å²) in [7, 11) is -4.03. The van der Waals surface area contributed by atoms with Gasteiger partial charge >= 0.3 is 5.97 Å². The highest BCUT2D eigenvalue weighted by Gasteiger charge is 2.63. The van der Waals surface area contributed by atoms with Crippen molar-refractivity contribution in [1.82, 2.24) is 14.6 Å². The second kappa shape index (κ2) is 16.1. The van der Waals surface area contributed by atoms with Crippen LogP contribution in [0.1, 0.15) is 99.3 Å². The Balaban J connectivity index is 1.24. The number of esters is 1. The number of carbonyl (C=O) groups excluding carboxylic acids is 4. The van der Waals surface area contributed by atoms with Crippen LogP contribution < -0.4 is 18.9 Å². The van der Waals surface area contributed by atoms with Gasteiger partial charge in [0.2, 0.25) is 27.7 Å². The Labute approximate surface area is 349 Å². The van der Waals surface area contributed by atoms with Crippen LogP contribution in [-0.2, 0) is 38.7 Å². The number of halogens is 2. The zero-order valence-corrected chi connectivity index (χ0v) is 35.8. The maximum absolute atomic E-state index is 15.0. The van der Waals surface area contributed by atoms with Crippen LogP contribution in [0.3, 0.4) is 0 Å². The van der Waals surface area contributed by atoms with E-state index in [1.807, 2.05) is 19.1 Å². The van der Waals surface area contributed by atoms with E-state index in [9.17, 15) is 31.6 Å². The summed E-state index contributed by atoms with van der Waals surface area (Å²) in [5, 5.41) is 1.28. The van der Waals surface area contributed by atoms with E-state index in [1.54, 1.807) is 38.2 Å². The number of hydrogen-bond donors (Lipinski definition) is 1. The highest BCUT2D eigenvalue weighted by atomic mass is 32.2. The lowest BCUT2D eigenvalue weighted by atomic mass is 9.90. The van der Waals surface area contributed by atoms with E-state index < -0.39 is 97.9 Å². The number of amides is 2. The highest BCUT2D eigenvalue weighted by Crippen LogP contribution is 2.58. The van der Waals surface area contributed by atoms with E-state index in [2.05, 4.69) is 9.71 Å². The van der Waals surface area contributed by atoms with E-state index in [4.69, 9.17) is 23.7 Å². The molecule has 3 aliphatic heterocycles. The fraction of sp³-hybridized carbons (Fsp3) is 0.651. The van der Waals surface area contributed by atoms with Crippen molar-refractivity contribution in [3.8, 4) is 17.4 Å². The fourth-order valence-corrected chi connectivity index (χ4v) is 9.73. The van der Waals surface area contributed by atoms with E-state index >= 15 is 4.79 Å². The second-order valence-electron chi connectivity index (χ2n) is 17.9. The van der Waals surface area contributed by atoms with Gasteiger partial charge in [-0.15, -0.1) is 0 Å². The summed E-state index contributed by atoms with van der Waals surface area (Å²) in [4.78, 5) is 63.1. The van der Waals surface area contributed by atoms with Gasteiger partial charge in [0.15, 0.2) is 22.9 Å². The number of ether oxygens (including phenoxy) is 5. The van der Waals surface area contributed by atoms with Crippen molar-refractivity contribution in [2.75, 3.05) is 19.8 Å². The molecular formula is C43H55F2N3O11S. The Hall–Kier alpha value is -4.38. The first-order valence-electron chi connectivity index (χ1n) is 20.8.